The van der Waals surface area contributed by atoms with E-state index in [4.69, 9.17) is 27.9 Å². The Morgan fingerprint density at radius 3 is 3.00 bits per heavy atom. The highest BCUT2D eigenvalue weighted by molar-refractivity contribution is 6.32. The summed E-state index contributed by atoms with van der Waals surface area (Å²) in [6, 6.07) is 0. The van der Waals surface area contributed by atoms with Crippen LogP contribution in [-0.4, -0.2) is 23.0 Å². The maximum absolute atomic E-state index is 6.21. The molecule has 1 heterocycles. The Balaban J connectivity index is 2.59. The van der Waals surface area contributed by atoms with Crippen molar-refractivity contribution < 1.29 is 4.74 Å². The van der Waals surface area contributed by atoms with Crippen LogP contribution in [0.5, 0.6) is 0 Å². The Kier molecular flexibility index (Phi) is 3.45. The van der Waals surface area contributed by atoms with Crippen LogP contribution in [-0.2, 0) is 4.74 Å². The van der Waals surface area contributed by atoms with Gasteiger partial charge in [0.05, 0.1) is 16.4 Å². The fourth-order valence-electron chi connectivity index (χ4n) is 1.37. The molecule has 1 saturated heterocycles. The monoisotopic (exact) mass is 208 g/mol. The van der Waals surface area contributed by atoms with E-state index in [0.717, 1.165) is 12.8 Å². The Morgan fingerprint density at radius 2 is 2.42 bits per heavy atom. The van der Waals surface area contributed by atoms with Crippen molar-refractivity contribution in [3.8, 4) is 0 Å². The molecular weight excluding hydrogens is 195 g/mol. The summed E-state index contributed by atoms with van der Waals surface area (Å²) in [7, 11) is 0. The molecule has 0 aromatic heterocycles. The van der Waals surface area contributed by atoms with E-state index in [0.29, 0.717) is 6.61 Å². The van der Waals surface area contributed by atoms with Gasteiger partial charge in [-0.25, -0.2) is 0 Å². The highest BCUT2D eigenvalue weighted by Gasteiger charge is 2.39. The van der Waals surface area contributed by atoms with Gasteiger partial charge in [0.25, 0.3) is 0 Å². The predicted octanol–water partition coefficient (Wildman–Crippen LogP) is 2.96. The second kappa shape index (κ2) is 3.99. The Hall–Kier alpha value is 0.280. The summed E-state index contributed by atoms with van der Waals surface area (Å²) in [5.41, 5.74) is 0. The normalized spacial score (nSPS) is 42.6. The van der Waals surface area contributed by atoms with Crippen molar-refractivity contribution in [2.75, 3.05) is 6.61 Å². The summed E-state index contributed by atoms with van der Waals surface area (Å²) < 4.78 is 5.48. The third kappa shape index (κ3) is 2.15. The average Bonchev–Trinajstić information content (AvgIpc) is 1.99. The summed E-state index contributed by atoms with van der Waals surface area (Å²) in [5, 5.41) is -0.120. The number of hydrogen-bond acceptors (Lipinski definition) is 1. The van der Waals surface area contributed by atoms with Crippen molar-refractivity contribution in [3.63, 3.8) is 0 Å². The van der Waals surface area contributed by atoms with Crippen molar-refractivity contribution in [1.82, 2.24) is 0 Å². The fourth-order valence-corrected chi connectivity index (χ4v) is 1.87. The molecule has 0 aromatic rings. The van der Waals surface area contributed by atoms with Gasteiger partial charge in [-0.2, -0.15) is 0 Å². The van der Waals surface area contributed by atoms with Crippen LogP contribution in [0.4, 0.5) is 0 Å². The van der Waals surface area contributed by atoms with E-state index >= 15 is 0 Å². The number of alkyl halides is 2. The molecule has 0 spiro atoms. The highest BCUT2D eigenvalue weighted by atomic mass is 35.5. The summed E-state index contributed by atoms with van der Waals surface area (Å²) >= 11 is 12.4. The molecule has 0 aliphatic carbocycles. The van der Waals surface area contributed by atoms with Crippen molar-refractivity contribution in [3.05, 3.63) is 12.7 Å². The van der Waals surface area contributed by atoms with Gasteiger partial charge in [-0.3, -0.25) is 0 Å². The van der Waals surface area contributed by atoms with Gasteiger partial charge >= 0.3 is 0 Å². The smallest absolute Gasteiger partial charge is 0.0790 e. The van der Waals surface area contributed by atoms with Gasteiger partial charge in [0.15, 0.2) is 0 Å². The minimum Gasteiger partial charge on any atom is -0.376 e. The van der Waals surface area contributed by atoms with Crippen LogP contribution in [0.15, 0.2) is 12.7 Å². The van der Waals surface area contributed by atoms with Crippen LogP contribution >= 0.6 is 23.2 Å². The minimum absolute atomic E-state index is 0.0282. The molecule has 70 valence electrons. The molecule has 1 aliphatic heterocycles. The molecule has 1 nitrogen and oxygen atoms in total. The first kappa shape index (κ1) is 10.4. The number of rotatable bonds is 2. The summed E-state index contributed by atoms with van der Waals surface area (Å²) in [5.74, 6) is 0. The van der Waals surface area contributed by atoms with Crippen LogP contribution in [0.3, 0.4) is 0 Å². The van der Waals surface area contributed by atoms with Gasteiger partial charge in [0.1, 0.15) is 0 Å². The van der Waals surface area contributed by atoms with Crippen LogP contribution in [0, 0.1) is 0 Å². The van der Waals surface area contributed by atoms with Crippen molar-refractivity contribution >= 4 is 23.2 Å². The Bertz CT molecular complexity index is 168. The Morgan fingerprint density at radius 1 is 1.75 bits per heavy atom. The van der Waals surface area contributed by atoms with Gasteiger partial charge in [-0.1, -0.05) is 6.08 Å². The SMILES string of the molecule is C=CC[C@H]1OCC[C@@](C)(Cl)[C@@H]1Cl. The van der Waals surface area contributed by atoms with Crippen molar-refractivity contribution in [2.45, 2.75) is 36.1 Å². The largest absolute Gasteiger partial charge is 0.376 e. The fraction of sp³-hybridized carbons (Fsp3) is 0.778. The zero-order valence-corrected chi connectivity index (χ0v) is 8.74. The van der Waals surface area contributed by atoms with Crippen LogP contribution in [0.25, 0.3) is 0 Å². The van der Waals surface area contributed by atoms with Gasteiger partial charge < -0.3 is 4.74 Å². The molecule has 0 radical (unpaired) electrons. The molecule has 3 atom stereocenters. The lowest BCUT2D eigenvalue weighted by Gasteiger charge is -2.38. The molecule has 1 fully saturated rings. The minimum atomic E-state index is -0.326. The quantitative estimate of drug-likeness (QED) is 0.501. The second-order valence-corrected chi connectivity index (χ2v) is 4.70. The molecule has 12 heavy (non-hydrogen) atoms. The third-order valence-electron chi connectivity index (χ3n) is 2.22. The van der Waals surface area contributed by atoms with Crippen LogP contribution in [0.1, 0.15) is 19.8 Å². The molecule has 0 amide bonds. The molecule has 1 aliphatic rings. The molecule has 0 saturated carbocycles. The molecule has 1 rings (SSSR count). The van der Waals surface area contributed by atoms with E-state index in [1.165, 1.54) is 0 Å². The molecule has 0 N–H and O–H groups in total. The Labute approximate surface area is 83.7 Å². The van der Waals surface area contributed by atoms with Crippen LogP contribution < -0.4 is 0 Å². The summed E-state index contributed by atoms with van der Waals surface area (Å²) in [6.07, 6.45) is 3.44. The van der Waals surface area contributed by atoms with E-state index in [1.807, 2.05) is 13.0 Å². The first-order valence-corrected chi connectivity index (χ1v) is 4.95. The maximum atomic E-state index is 6.21. The number of halogens is 2. The standard InChI is InChI=1S/C9H14Cl2O/c1-3-4-7-8(10)9(2,11)5-6-12-7/h3,7-8H,1,4-6H2,2H3/t7-,8-,9-/m1/s1. The third-order valence-corrected chi connectivity index (χ3v) is 3.52. The van der Waals surface area contributed by atoms with Crippen LogP contribution in [0.2, 0.25) is 0 Å². The van der Waals surface area contributed by atoms with Crippen molar-refractivity contribution in [1.29, 1.82) is 0 Å². The van der Waals surface area contributed by atoms with Gasteiger partial charge in [-0.15, -0.1) is 29.8 Å². The molecule has 3 heteroatoms. The molecule has 0 bridgehead atoms. The summed E-state index contributed by atoms with van der Waals surface area (Å²) in [4.78, 5) is -0.326. The molecular formula is C9H14Cl2O. The van der Waals surface area contributed by atoms with Crippen molar-refractivity contribution in [2.24, 2.45) is 0 Å². The zero-order valence-electron chi connectivity index (χ0n) is 7.22. The van der Waals surface area contributed by atoms with Gasteiger partial charge in [0.2, 0.25) is 0 Å². The van der Waals surface area contributed by atoms with Gasteiger partial charge in [-0.05, 0) is 19.8 Å². The second-order valence-electron chi connectivity index (χ2n) is 3.36. The van der Waals surface area contributed by atoms with E-state index in [-0.39, 0.29) is 16.4 Å². The molecule has 0 aromatic carbocycles. The van der Waals surface area contributed by atoms with E-state index < -0.39 is 0 Å². The van der Waals surface area contributed by atoms with E-state index in [1.54, 1.807) is 0 Å². The lowest BCUT2D eigenvalue weighted by Crippen LogP contribution is -2.45. The van der Waals surface area contributed by atoms with Gasteiger partial charge in [0, 0.05) is 6.61 Å². The lowest BCUT2D eigenvalue weighted by molar-refractivity contribution is 0.00807. The maximum Gasteiger partial charge on any atom is 0.0790 e. The first-order valence-electron chi connectivity index (χ1n) is 4.13. The average molecular weight is 209 g/mol. The van der Waals surface area contributed by atoms with E-state index in [9.17, 15) is 0 Å². The van der Waals surface area contributed by atoms with E-state index in [2.05, 4.69) is 6.58 Å². The first-order chi connectivity index (χ1) is 5.58. The predicted molar refractivity (Wildman–Crippen MR) is 53.1 cm³/mol. The summed E-state index contributed by atoms with van der Waals surface area (Å²) in [6.45, 7) is 6.31. The zero-order chi connectivity index (χ0) is 9.19. The topological polar surface area (TPSA) is 9.23 Å². The molecule has 0 unspecified atom stereocenters. The number of ether oxygens (including phenoxy) is 1. The number of hydrogen-bond donors (Lipinski definition) is 0. The lowest BCUT2D eigenvalue weighted by atomic mass is 9.94. The highest BCUT2D eigenvalue weighted by Crippen LogP contribution is 2.36.